The van der Waals surface area contributed by atoms with E-state index in [1.54, 1.807) is 0 Å². The van der Waals surface area contributed by atoms with Crippen LogP contribution in [-0.2, 0) is 9.84 Å². The molecule has 2 atom stereocenters. The number of nitriles is 1. The third-order valence-corrected chi connectivity index (χ3v) is 6.62. The highest BCUT2D eigenvalue weighted by atomic mass is 32.2. The minimum absolute atomic E-state index is 0.205. The average Bonchev–Trinajstić information content (AvgIpc) is 2.39. The molecule has 0 saturated heterocycles. The Hall–Kier alpha value is -0.560. The first-order valence-corrected chi connectivity index (χ1v) is 9.03. The lowest BCUT2D eigenvalue weighted by Gasteiger charge is -2.41. The second-order valence-electron chi connectivity index (χ2n) is 6.14. The van der Waals surface area contributed by atoms with Crippen molar-refractivity contribution in [2.45, 2.75) is 63.0 Å². The summed E-state index contributed by atoms with van der Waals surface area (Å²) >= 11 is 0. The highest BCUT2D eigenvalue weighted by molar-refractivity contribution is 7.91. The zero-order valence-corrected chi connectivity index (χ0v) is 12.0. The Morgan fingerprint density at radius 3 is 2.33 bits per heavy atom. The molecule has 2 rings (SSSR count). The van der Waals surface area contributed by atoms with Gasteiger partial charge in [0.15, 0.2) is 0 Å². The van der Waals surface area contributed by atoms with E-state index in [1.807, 2.05) is 0 Å². The highest BCUT2D eigenvalue weighted by Gasteiger charge is 2.43. The molecule has 0 N–H and O–H groups in total. The molecular formula is C14H23NO2S. The topological polar surface area (TPSA) is 57.9 Å². The lowest BCUT2D eigenvalue weighted by molar-refractivity contribution is 0.127. The Balaban J connectivity index is 2.15. The molecule has 0 aromatic carbocycles. The zero-order valence-electron chi connectivity index (χ0n) is 11.2. The molecule has 2 saturated carbocycles. The molecular weight excluding hydrogens is 246 g/mol. The molecule has 0 spiro atoms. The van der Waals surface area contributed by atoms with E-state index in [9.17, 15) is 13.7 Å². The second kappa shape index (κ2) is 5.21. The summed E-state index contributed by atoms with van der Waals surface area (Å²) in [6.07, 6.45) is 10.3. The molecule has 0 radical (unpaired) electrons. The van der Waals surface area contributed by atoms with Gasteiger partial charge in [-0.25, -0.2) is 8.42 Å². The third-order valence-electron chi connectivity index (χ3n) is 4.98. The Labute approximate surface area is 110 Å². The lowest BCUT2D eigenvalue weighted by atomic mass is 9.62. The molecule has 3 nitrogen and oxygen atoms in total. The van der Waals surface area contributed by atoms with Crippen molar-refractivity contribution in [2.75, 3.05) is 6.26 Å². The summed E-state index contributed by atoms with van der Waals surface area (Å²) in [7, 11) is -2.94. The molecule has 0 heterocycles. The van der Waals surface area contributed by atoms with Gasteiger partial charge in [0.05, 0.1) is 16.7 Å². The molecule has 0 amide bonds. The molecule has 0 aliphatic heterocycles. The largest absolute Gasteiger partial charge is 0.229 e. The second-order valence-corrected chi connectivity index (χ2v) is 8.47. The summed E-state index contributed by atoms with van der Waals surface area (Å²) in [5.74, 6) is 0.302. The average molecular weight is 269 g/mol. The van der Waals surface area contributed by atoms with Gasteiger partial charge in [0.2, 0.25) is 0 Å². The van der Waals surface area contributed by atoms with Crippen molar-refractivity contribution < 1.29 is 8.42 Å². The Morgan fingerprint density at radius 1 is 1.11 bits per heavy atom. The van der Waals surface area contributed by atoms with E-state index in [1.165, 1.54) is 12.7 Å². The monoisotopic (exact) mass is 269 g/mol. The molecule has 0 aromatic rings. The van der Waals surface area contributed by atoms with Crippen LogP contribution in [0, 0.1) is 22.7 Å². The Bertz CT molecular complexity index is 429. The van der Waals surface area contributed by atoms with E-state index in [2.05, 4.69) is 6.07 Å². The van der Waals surface area contributed by atoms with Gasteiger partial charge >= 0.3 is 0 Å². The van der Waals surface area contributed by atoms with Crippen molar-refractivity contribution in [3.05, 3.63) is 0 Å². The van der Waals surface area contributed by atoms with Gasteiger partial charge in [0.1, 0.15) is 9.84 Å². The van der Waals surface area contributed by atoms with E-state index < -0.39 is 9.84 Å². The fourth-order valence-corrected chi connectivity index (χ4v) is 5.01. The first kappa shape index (κ1) is 13.9. The summed E-state index contributed by atoms with van der Waals surface area (Å²) in [6, 6.07) is 2.56. The first-order valence-electron chi connectivity index (χ1n) is 7.08. The van der Waals surface area contributed by atoms with Crippen LogP contribution < -0.4 is 0 Å². The molecule has 18 heavy (non-hydrogen) atoms. The predicted molar refractivity (Wildman–Crippen MR) is 71.7 cm³/mol. The van der Waals surface area contributed by atoms with Gasteiger partial charge in [-0.15, -0.1) is 0 Å². The Kier molecular flexibility index (Phi) is 4.01. The maximum atomic E-state index is 11.7. The van der Waals surface area contributed by atoms with Gasteiger partial charge in [-0.1, -0.05) is 25.7 Å². The molecule has 2 unspecified atom stereocenters. The predicted octanol–water partition coefficient (Wildman–Crippen LogP) is 3.06. The van der Waals surface area contributed by atoms with Crippen molar-refractivity contribution in [1.29, 1.82) is 5.26 Å². The molecule has 2 aliphatic rings. The minimum atomic E-state index is -2.94. The first-order chi connectivity index (χ1) is 8.48. The number of rotatable bonds is 2. The van der Waals surface area contributed by atoms with Crippen LogP contribution in [0.5, 0.6) is 0 Å². The minimum Gasteiger partial charge on any atom is -0.229 e. The van der Waals surface area contributed by atoms with Crippen LogP contribution in [0.1, 0.15) is 57.8 Å². The molecule has 2 fully saturated rings. The Morgan fingerprint density at radius 2 is 1.78 bits per heavy atom. The van der Waals surface area contributed by atoms with Gasteiger partial charge in [-0.3, -0.25) is 0 Å². The van der Waals surface area contributed by atoms with Crippen LogP contribution in [0.4, 0.5) is 0 Å². The standard InChI is InChI=1S/C14H23NO2S/c1-18(16,17)13-7-5-6-12(10-13)14(11-15)8-3-2-4-9-14/h12-13H,2-10H2,1H3. The van der Waals surface area contributed by atoms with Crippen LogP contribution in [-0.4, -0.2) is 19.9 Å². The van der Waals surface area contributed by atoms with Gasteiger partial charge < -0.3 is 0 Å². The number of hydrogen-bond donors (Lipinski definition) is 0. The van der Waals surface area contributed by atoms with Gasteiger partial charge in [-0.2, -0.15) is 5.26 Å². The number of nitrogens with zero attached hydrogens (tertiary/aromatic N) is 1. The summed E-state index contributed by atoms with van der Waals surface area (Å²) in [4.78, 5) is 0. The zero-order chi connectivity index (χ0) is 13.2. The summed E-state index contributed by atoms with van der Waals surface area (Å²) in [6.45, 7) is 0. The van der Waals surface area contributed by atoms with Crippen LogP contribution in [0.3, 0.4) is 0 Å². The maximum Gasteiger partial charge on any atom is 0.150 e. The molecule has 4 heteroatoms. The fourth-order valence-electron chi connectivity index (χ4n) is 3.83. The molecule has 0 aromatic heterocycles. The normalized spacial score (nSPS) is 32.7. The van der Waals surface area contributed by atoms with E-state index >= 15 is 0 Å². The lowest BCUT2D eigenvalue weighted by Crippen LogP contribution is -2.38. The van der Waals surface area contributed by atoms with Crippen LogP contribution >= 0.6 is 0 Å². The number of hydrogen-bond acceptors (Lipinski definition) is 3. The SMILES string of the molecule is CS(=O)(=O)C1CCCC(C2(C#N)CCCCC2)C1. The van der Waals surface area contributed by atoms with Gasteiger partial charge in [0.25, 0.3) is 0 Å². The van der Waals surface area contributed by atoms with Crippen LogP contribution in [0.2, 0.25) is 0 Å². The van der Waals surface area contributed by atoms with Crippen molar-refractivity contribution in [1.82, 2.24) is 0 Å². The third kappa shape index (κ3) is 2.71. The van der Waals surface area contributed by atoms with E-state index in [-0.39, 0.29) is 10.7 Å². The van der Waals surface area contributed by atoms with E-state index in [0.717, 1.165) is 44.9 Å². The maximum absolute atomic E-state index is 11.7. The number of sulfone groups is 1. The van der Waals surface area contributed by atoms with Gasteiger partial charge in [0, 0.05) is 6.26 Å². The van der Waals surface area contributed by atoms with Crippen LogP contribution in [0.25, 0.3) is 0 Å². The molecule has 102 valence electrons. The quantitative estimate of drug-likeness (QED) is 0.774. The highest BCUT2D eigenvalue weighted by Crippen LogP contribution is 2.48. The summed E-state index contributed by atoms with van der Waals surface area (Å²) in [5, 5.41) is 9.38. The fraction of sp³-hybridized carbons (Fsp3) is 0.929. The van der Waals surface area contributed by atoms with E-state index in [4.69, 9.17) is 0 Å². The van der Waals surface area contributed by atoms with Crippen LogP contribution in [0.15, 0.2) is 0 Å². The van der Waals surface area contributed by atoms with Crippen molar-refractivity contribution in [3.8, 4) is 6.07 Å². The summed E-state index contributed by atoms with van der Waals surface area (Å²) < 4.78 is 23.4. The van der Waals surface area contributed by atoms with E-state index in [0.29, 0.717) is 12.3 Å². The summed E-state index contributed by atoms with van der Waals surface area (Å²) in [5.41, 5.74) is -0.221. The van der Waals surface area contributed by atoms with Gasteiger partial charge in [-0.05, 0) is 38.0 Å². The van der Waals surface area contributed by atoms with Crippen molar-refractivity contribution in [2.24, 2.45) is 11.3 Å². The smallest absolute Gasteiger partial charge is 0.150 e. The van der Waals surface area contributed by atoms with Crippen molar-refractivity contribution >= 4 is 9.84 Å². The van der Waals surface area contributed by atoms with Crippen molar-refractivity contribution in [3.63, 3.8) is 0 Å². The molecule has 0 bridgehead atoms. The molecule has 2 aliphatic carbocycles.